The smallest absolute Gasteiger partial charge is 0.431 e. The first-order valence-electron chi connectivity index (χ1n) is 11.1. The van der Waals surface area contributed by atoms with Crippen molar-refractivity contribution in [2.45, 2.75) is 26.0 Å². The zero-order valence-corrected chi connectivity index (χ0v) is 20.7. The van der Waals surface area contributed by atoms with E-state index >= 15 is 0 Å². The molecule has 1 unspecified atom stereocenters. The highest BCUT2D eigenvalue weighted by Crippen LogP contribution is 2.30. The summed E-state index contributed by atoms with van der Waals surface area (Å²) in [6.07, 6.45) is -0.567. The average Bonchev–Trinajstić information content (AvgIpc) is 2.90. The lowest BCUT2D eigenvalue weighted by molar-refractivity contribution is 0.0713. The highest BCUT2D eigenvalue weighted by atomic mass is 35.5. The summed E-state index contributed by atoms with van der Waals surface area (Å²) in [5.41, 5.74) is 2.56. The zero-order chi connectivity index (χ0) is 25.7. The number of rotatable bonds is 8. The van der Waals surface area contributed by atoms with Crippen molar-refractivity contribution in [2.24, 2.45) is 5.10 Å². The molecule has 0 radical (unpaired) electrons. The van der Waals surface area contributed by atoms with E-state index in [9.17, 15) is 9.59 Å². The van der Waals surface area contributed by atoms with Crippen LogP contribution in [0.1, 0.15) is 35.0 Å². The Morgan fingerprint density at radius 3 is 2.56 bits per heavy atom. The SMILES string of the molecule is CCC1OC(=O)N(Cc2ccccc2NC(=O)c2ccc(Cl)nn2)N=C1c1ccc(OC)c(OC)c1. The first-order valence-corrected chi connectivity index (χ1v) is 11.5. The van der Waals surface area contributed by atoms with Crippen molar-refractivity contribution in [3.05, 3.63) is 76.6 Å². The van der Waals surface area contributed by atoms with Crippen LogP contribution in [0.4, 0.5) is 10.5 Å². The van der Waals surface area contributed by atoms with Crippen LogP contribution in [0.3, 0.4) is 0 Å². The average molecular weight is 510 g/mol. The van der Waals surface area contributed by atoms with Crippen LogP contribution in [0.2, 0.25) is 5.15 Å². The molecule has 1 atom stereocenters. The number of hydrazone groups is 1. The third kappa shape index (κ3) is 5.38. The van der Waals surface area contributed by atoms with Crippen LogP contribution < -0.4 is 14.8 Å². The van der Waals surface area contributed by atoms with E-state index in [-0.39, 0.29) is 17.4 Å². The predicted octanol–water partition coefficient (Wildman–Crippen LogP) is 4.53. The van der Waals surface area contributed by atoms with Gasteiger partial charge in [0, 0.05) is 11.3 Å². The van der Waals surface area contributed by atoms with Crippen molar-refractivity contribution in [3.8, 4) is 11.5 Å². The Labute approximate surface area is 212 Å². The van der Waals surface area contributed by atoms with Gasteiger partial charge in [0.15, 0.2) is 22.3 Å². The van der Waals surface area contributed by atoms with Gasteiger partial charge in [-0.25, -0.2) is 4.79 Å². The van der Waals surface area contributed by atoms with Crippen LogP contribution in [0.15, 0.2) is 59.7 Å². The fourth-order valence-electron chi connectivity index (χ4n) is 3.65. The van der Waals surface area contributed by atoms with E-state index in [1.54, 1.807) is 50.6 Å². The summed E-state index contributed by atoms with van der Waals surface area (Å²) < 4.78 is 16.4. The number of carbonyl (C=O) groups is 2. The molecule has 2 aromatic carbocycles. The highest BCUT2D eigenvalue weighted by Gasteiger charge is 2.31. The summed E-state index contributed by atoms with van der Waals surface area (Å²) in [4.78, 5) is 25.4. The van der Waals surface area contributed by atoms with Crippen molar-refractivity contribution in [1.82, 2.24) is 15.2 Å². The molecule has 0 saturated carbocycles. The van der Waals surface area contributed by atoms with Gasteiger partial charge in [-0.05, 0) is 48.4 Å². The Balaban J connectivity index is 1.62. The molecule has 2 amide bonds. The second-order valence-corrected chi connectivity index (χ2v) is 8.13. The quantitative estimate of drug-likeness (QED) is 0.474. The van der Waals surface area contributed by atoms with Gasteiger partial charge < -0.3 is 19.5 Å². The summed E-state index contributed by atoms with van der Waals surface area (Å²) in [7, 11) is 3.11. The number of nitrogens with zero attached hydrogens (tertiary/aromatic N) is 4. The van der Waals surface area contributed by atoms with Gasteiger partial charge in [-0.3, -0.25) is 4.79 Å². The number of halogens is 1. The van der Waals surface area contributed by atoms with Gasteiger partial charge in [0.1, 0.15) is 11.8 Å². The van der Waals surface area contributed by atoms with Gasteiger partial charge in [-0.1, -0.05) is 36.7 Å². The van der Waals surface area contributed by atoms with Gasteiger partial charge >= 0.3 is 6.09 Å². The molecule has 0 fully saturated rings. The minimum Gasteiger partial charge on any atom is -0.493 e. The largest absolute Gasteiger partial charge is 0.493 e. The number of aromatic nitrogens is 2. The molecule has 1 aromatic heterocycles. The number of methoxy groups -OCH3 is 2. The van der Waals surface area contributed by atoms with E-state index in [4.69, 9.17) is 25.8 Å². The second kappa shape index (κ2) is 11.0. The summed E-state index contributed by atoms with van der Waals surface area (Å²) in [6.45, 7) is 1.98. The van der Waals surface area contributed by atoms with E-state index in [0.717, 1.165) is 5.56 Å². The van der Waals surface area contributed by atoms with Gasteiger partial charge in [0.05, 0.1) is 20.8 Å². The maximum absolute atomic E-state index is 12.8. The highest BCUT2D eigenvalue weighted by molar-refractivity contribution is 6.29. The number of benzene rings is 2. The maximum Gasteiger partial charge on any atom is 0.431 e. The fourth-order valence-corrected chi connectivity index (χ4v) is 3.76. The van der Waals surface area contributed by atoms with Crippen molar-refractivity contribution < 1.29 is 23.8 Å². The molecular formula is C25H24ClN5O5. The zero-order valence-electron chi connectivity index (χ0n) is 19.9. The second-order valence-electron chi connectivity index (χ2n) is 7.75. The van der Waals surface area contributed by atoms with Crippen LogP contribution in [0, 0.1) is 0 Å². The third-order valence-electron chi connectivity index (χ3n) is 5.49. The van der Waals surface area contributed by atoms with E-state index < -0.39 is 18.1 Å². The van der Waals surface area contributed by atoms with Crippen LogP contribution in [0.5, 0.6) is 11.5 Å². The molecule has 3 aromatic rings. The number of hydrogen-bond acceptors (Lipinski definition) is 8. The summed E-state index contributed by atoms with van der Waals surface area (Å²) in [5, 5.41) is 16.3. The lowest BCUT2D eigenvalue weighted by Crippen LogP contribution is -2.41. The Bertz CT molecular complexity index is 1300. The number of nitrogens with one attached hydrogen (secondary N) is 1. The van der Waals surface area contributed by atoms with Crippen molar-refractivity contribution >= 4 is 35.0 Å². The molecule has 36 heavy (non-hydrogen) atoms. The normalized spacial score (nSPS) is 15.1. The van der Waals surface area contributed by atoms with Crippen LogP contribution in [0.25, 0.3) is 0 Å². The summed E-state index contributed by atoms with van der Waals surface area (Å²) >= 11 is 5.75. The number of anilines is 1. The number of ether oxygens (including phenoxy) is 3. The Hall–Kier alpha value is -4.18. The molecule has 1 aliphatic rings. The molecule has 0 aliphatic carbocycles. The molecule has 186 valence electrons. The molecule has 0 saturated heterocycles. The minimum atomic E-state index is -0.587. The first kappa shape index (κ1) is 24.9. The molecule has 10 nitrogen and oxygen atoms in total. The maximum atomic E-state index is 12.8. The van der Waals surface area contributed by atoms with Gasteiger partial charge in [-0.15, -0.1) is 10.2 Å². The summed E-state index contributed by atoms with van der Waals surface area (Å²) in [5.74, 6) is 0.650. The standard InChI is InChI=1S/C25H24ClN5O5/c1-4-19-23(15-9-11-20(34-2)21(13-15)35-3)30-31(25(33)36-19)14-16-7-5-6-8-17(16)27-24(32)18-10-12-22(26)29-28-18/h5-13,19H,4,14H2,1-3H3,(H,27,32). The van der Waals surface area contributed by atoms with Crippen LogP contribution in [-0.4, -0.2) is 53.2 Å². The third-order valence-corrected chi connectivity index (χ3v) is 5.69. The van der Waals surface area contributed by atoms with Gasteiger partial charge in [0.25, 0.3) is 5.91 Å². The number of carbonyl (C=O) groups excluding carboxylic acids is 2. The Morgan fingerprint density at radius 1 is 1.08 bits per heavy atom. The van der Waals surface area contributed by atoms with Gasteiger partial charge in [-0.2, -0.15) is 10.1 Å². The molecule has 0 bridgehead atoms. The monoisotopic (exact) mass is 509 g/mol. The van der Waals surface area contributed by atoms with Crippen molar-refractivity contribution in [2.75, 3.05) is 19.5 Å². The van der Waals surface area contributed by atoms with E-state index in [1.165, 1.54) is 17.1 Å². The molecule has 1 aliphatic heterocycles. The summed E-state index contributed by atoms with van der Waals surface area (Å²) in [6, 6.07) is 15.4. The number of hydrogen-bond donors (Lipinski definition) is 1. The molecule has 11 heteroatoms. The van der Waals surface area contributed by atoms with E-state index in [2.05, 4.69) is 20.6 Å². The molecule has 4 rings (SSSR count). The Morgan fingerprint density at radius 2 is 1.86 bits per heavy atom. The molecule has 1 N–H and O–H groups in total. The van der Waals surface area contributed by atoms with Crippen LogP contribution >= 0.6 is 11.6 Å². The molecule has 0 spiro atoms. The predicted molar refractivity (Wildman–Crippen MR) is 134 cm³/mol. The number of para-hydroxylation sites is 1. The van der Waals surface area contributed by atoms with E-state index in [0.29, 0.717) is 34.9 Å². The fraction of sp³-hybridized carbons (Fsp3) is 0.240. The van der Waals surface area contributed by atoms with Gasteiger partial charge in [0.2, 0.25) is 0 Å². The number of amides is 2. The molecule has 2 heterocycles. The Kier molecular flexibility index (Phi) is 7.65. The van der Waals surface area contributed by atoms with E-state index in [1.807, 2.05) is 13.0 Å². The lowest BCUT2D eigenvalue weighted by Gasteiger charge is -2.30. The van der Waals surface area contributed by atoms with Crippen molar-refractivity contribution in [1.29, 1.82) is 0 Å². The molecular weight excluding hydrogens is 486 g/mol. The van der Waals surface area contributed by atoms with Crippen molar-refractivity contribution in [3.63, 3.8) is 0 Å². The minimum absolute atomic E-state index is 0.0643. The number of cyclic esters (lactones) is 1. The van der Waals surface area contributed by atoms with Crippen LogP contribution in [-0.2, 0) is 11.3 Å². The first-order chi connectivity index (χ1) is 17.4. The topological polar surface area (TPSA) is 115 Å². The lowest BCUT2D eigenvalue weighted by atomic mass is 10.0.